The molecule has 3 nitrogen and oxygen atoms in total. The number of halogens is 2. The monoisotopic (exact) mass is 247 g/mol. The van der Waals surface area contributed by atoms with E-state index in [0.717, 1.165) is 5.33 Å². The van der Waals surface area contributed by atoms with Crippen LogP contribution in [0.5, 0.6) is 0 Å². The molecule has 0 bridgehead atoms. The van der Waals surface area contributed by atoms with Gasteiger partial charge in [-0.2, -0.15) is 0 Å². The number of anilines is 1. The second-order valence-corrected chi connectivity index (χ2v) is 3.03. The summed E-state index contributed by atoms with van der Waals surface area (Å²) in [6.07, 6.45) is 5.28. The van der Waals surface area contributed by atoms with Crippen LogP contribution in [-0.2, 0) is 0 Å². The zero-order valence-corrected chi connectivity index (χ0v) is 8.51. The van der Waals surface area contributed by atoms with Crippen LogP contribution in [0.4, 0.5) is 5.82 Å². The molecule has 64 valence electrons. The Bertz CT molecular complexity index is 301. The van der Waals surface area contributed by atoms with Gasteiger partial charge in [-0.05, 0) is 6.08 Å². The Balaban J connectivity index is 2.89. The second-order valence-electron chi connectivity index (χ2n) is 2.03. The zero-order chi connectivity index (χ0) is 8.97. The minimum absolute atomic E-state index is 0.242. The van der Waals surface area contributed by atoms with Crippen LogP contribution < -0.4 is 5.73 Å². The van der Waals surface area contributed by atoms with Gasteiger partial charge < -0.3 is 5.73 Å². The van der Waals surface area contributed by atoms with Crippen molar-refractivity contribution in [2.45, 2.75) is 0 Å². The molecule has 5 heteroatoms. The van der Waals surface area contributed by atoms with Crippen molar-refractivity contribution in [3.8, 4) is 0 Å². The number of hydrogen-bond donors (Lipinski definition) is 1. The van der Waals surface area contributed by atoms with Crippen molar-refractivity contribution in [1.29, 1.82) is 0 Å². The lowest BCUT2D eigenvalue weighted by Crippen LogP contribution is -1.94. The fourth-order valence-corrected chi connectivity index (χ4v) is 0.967. The van der Waals surface area contributed by atoms with Crippen LogP contribution in [0.3, 0.4) is 0 Å². The van der Waals surface area contributed by atoms with Gasteiger partial charge in [0.05, 0.1) is 11.9 Å². The molecule has 0 spiro atoms. The van der Waals surface area contributed by atoms with Gasteiger partial charge in [0.1, 0.15) is 0 Å². The van der Waals surface area contributed by atoms with E-state index in [0.29, 0.717) is 5.69 Å². The van der Waals surface area contributed by atoms with E-state index >= 15 is 0 Å². The van der Waals surface area contributed by atoms with E-state index < -0.39 is 0 Å². The van der Waals surface area contributed by atoms with Crippen LogP contribution in [-0.4, -0.2) is 15.3 Å². The van der Waals surface area contributed by atoms with Gasteiger partial charge in [-0.25, -0.2) is 9.97 Å². The highest BCUT2D eigenvalue weighted by Gasteiger charge is 1.97. The number of allylic oxidation sites excluding steroid dienone is 1. The van der Waals surface area contributed by atoms with Crippen molar-refractivity contribution in [2.24, 2.45) is 0 Å². The molecule has 1 aromatic heterocycles. The molecule has 1 aromatic rings. The fourth-order valence-electron chi connectivity index (χ4n) is 0.634. The quantitative estimate of drug-likeness (QED) is 0.816. The van der Waals surface area contributed by atoms with E-state index in [1.807, 2.05) is 12.2 Å². The number of hydrogen-bond acceptors (Lipinski definition) is 3. The molecule has 0 amide bonds. The molecule has 0 aliphatic rings. The summed E-state index contributed by atoms with van der Waals surface area (Å²) in [5.41, 5.74) is 6.08. The number of alkyl halides is 1. The summed E-state index contributed by atoms with van der Waals surface area (Å²) in [5.74, 6) is 0.257. The first-order chi connectivity index (χ1) is 5.74. The second kappa shape index (κ2) is 4.42. The van der Waals surface area contributed by atoms with E-state index in [2.05, 4.69) is 25.9 Å². The average molecular weight is 249 g/mol. The third kappa shape index (κ3) is 2.46. The van der Waals surface area contributed by atoms with Crippen LogP contribution in [0.25, 0.3) is 6.08 Å². The van der Waals surface area contributed by atoms with Crippen LogP contribution in [0.15, 0.2) is 12.3 Å². The van der Waals surface area contributed by atoms with E-state index in [4.69, 9.17) is 17.3 Å². The molecule has 0 radical (unpaired) electrons. The first kappa shape index (κ1) is 9.48. The Morgan fingerprint density at radius 1 is 1.67 bits per heavy atom. The molecule has 0 aliphatic carbocycles. The summed E-state index contributed by atoms with van der Waals surface area (Å²) in [6, 6.07) is 0. The fraction of sp³-hybridized carbons (Fsp3) is 0.143. The number of nitrogens with zero attached hydrogens (tertiary/aromatic N) is 2. The van der Waals surface area contributed by atoms with Gasteiger partial charge in [-0.3, -0.25) is 0 Å². The van der Waals surface area contributed by atoms with Crippen LogP contribution >= 0.6 is 27.5 Å². The molecule has 0 atom stereocenters. The molecule has 0 saturated carbocycles. The molecule has 2 N–H and O–H groups in total. The Kier molecular flexibility index (Phi) is 3.49. The molecule has 0 aliphatic heterocycles. The maximum absolute atomic E-state index is 5.65. The van der Waals surface area contributed by atoms with Crippen LogP contribution in [0.2, 0.25) is 5.15 Å². The summed E-state index contributed by atoms with van der Waals surface area (Å²) in [4.78, 5) is 7.83. The molecule has 0 unspecified atom stereocenters. The van der Waals surface area contributed by atoms with Gasteiger partial charge >= 0.3 is 0 Å². The van der Waals surface area contributed by atoms with E-state index in [1.165, 1.54) is 0 Å². The number of nitrogen functional groups attached to an aromatic ring is 1. The molecule has 1 heterocycles. The van der Waals surface area contributed by atoms with Gasteiger partial charge in [0, 0.05) is 5.33 Å². The summed E-state index contributed by atoms with van der Waals surface area (Å²) >= 11 is 8.90. The molecule has 0 fully saturated rings. The predicted molar refractivity (Wildman–Crippen MR) is 54.3 cm³/mol. The van der Waals surface area contributed by atoms with E-state index in [-0.39, 0.29) is 11.0 Å². The standard InChI is InChI=1S/C7H7BrClN3/c8-3-1-2-5-4-11-7(10)6(9)12-5/h1-2,4H,3H2,(H2,10,11). The van der Waals surface area contributed by atoms with Gasteiger partial charge in [0.2, 0.25) is 0 Å². The van der Waals surface area contributed by atoms with E-state index in [1.54, 1.807) is 6.20 Å². The lowest BCUT2D eigenvalue weighted by atomic mass is 10.4. The topological polar surface area (TPSA) is 51.8 Å². The summed E-state index contributed by atoms with van der Waals surface area (Å²) < 4.78 is 0. The molecule has 1 rings (SSSR count). The van der Waals surface area contributed by atoms with Crippen molar-refractivity contribution in [3.63, 3.8) is 0 Å². The maximum atomic E-state index is 5.65. The Morgan fingerprint density at radius 2 is 2.42 bits per heavy atom. The van der Waals surface area contributed by atoms with Crippen LogP contribution in [0, 0.1) is 0 Å². The van der Waals surface area contributed by atoms with Crippen molar-refractivity contribution < 1.29 is 0 Å². The first-order valence-corrected chi connectivity index (χ1v) is 4.74. The smallest absolute Gasteiger partial charge is 0.171 e. The third-order valence-corrected chi connectivity index (χ3v) is 1.80. The Morgan fingerprint density at radius 3 is 3.00 bits per heavy atom. The number of rotatable bonds is 2. The number of aromatic nitrogens is 2. The molecule has 0 saturated heterocycles. The summed E-state index contributed by atoms with van der Waals surface area (Å²) in [7, 11) is 0. The van der Waals surface area contributed by atoms with E-state index in [9.17, 15) is 0 Å². The molecule has 12 heavy (non-hydrogen) atoms. The largest absolute Gasteiger partial charge is 0.381 e. The molecular weight excluding hydrogens is 241 g/mol. The van der Waals surface area contributed by atoms with Crippen molar-refractivity contribution in [3.05, 3.63) is 23.1 Å². The normalized spacial score (nSPS) is 10.8. The summed E-state index contributed by atoms with van der Waals surface area (Å²) in [5, 5.41) is 1.02. The summed E-state index contributed by atoms with van der Waals surface area (Å²) in [6.45, 7) is 0. The van der Waals surface area contributed by atoms with Gasteiger partial charge in [-0.15, -0.1) is 0 Å². The lowest BCUT2D eigenvalue weighted by molar-refractivity contribution is 1.19. The highest BCUT2D eigenvalue weighted by molar-refractivity contribution is 9.09. The highest BCUT2D eigenvalue weighted by atomic mass is 79.9. The van der Waals surface area contributed by atoms with Crippen molar-refractivity contribution in [2.75, 3.05) is 11.1 Å². The Labute approximate surface area is 83.8 Å². The molecular formula is C7H7BrClN3. The average Bonchev–Trinajstić information content (AvgIpc) is 2.07. The minimum atomic E-state index is 0.242. The van der Waals surface area contributed by atoms with Gasteiger partial charge in [0.15, 0.2) is 11.0 Å². The van der Waals surface area contributed by atoms with Crippen molar-refractivity contribution >= 4 is 39.4 Å². The van der Waals surface area contributed by atoms with Gasteiger partial charge in [-0.1, -0.05) is 33.6 Å². The minimum Gasteiger partial charge on any atom is -0.381 e. The van der Waals surface area contributed by atoms with Gasteiger partial charge in [0.25, 0.3) is 0 Å². The molecule has 0 aromatic carbocycles. The zero-order valence-electron chi connectivity index (χ0n) is 6.17. The first-order valence-electron chi connectivity index (χ1n) is 3.24. The Hall–Kier alpha value is -0.610. The highest BCUT2D eigenvalue weighted by Crippen LogP contribution is 2.12. The third-order valence-electron chi connectivity index (χ3n) is 1.15. The lowest BCUT2D eigenvalue weighted by Gasteiger charge is -1.96. The van der Waals surface area contributed by atoms with Crippen molar-refractivity contribution in [1.82, 2.24) is 9.97 Å². The predicted octanol–water partition coefficient (Wildman–Crippen LogP) is 2.12. The SMILES string of the molecule is Nc1ncc(C=CCBr)nc1Cl. The van der Waals surface area contributed by atoms with Crippen LogP contribution in [0.1, 0.15) is 5.69 Å². The maximum Gasteiger partial charge on any atom is 0.171 e. The number of nitrogens with two attached hydrogens (primary N) is 1.